The van der Waals surface area contributed by atoms with Crippen LogP contribution in [0.5, 0.6) is 0 Å². The third-order valence-electron chi connectivity index (χ3n) is 4.15. The summed E-state index contributed by atoms with van der Waals surface area (Å²) in [4.78, 5) is 4.28. The summed E-state index contributed by atoms with van der Waals surface area (Å²) in [5, 5.41) is 6.70. The molecule has 1 unspecified atom stereocenters. The molecule has 0 saturated carbocycles. The van der Waals surface area contributed by atoms with Gasteiger partial charge in [0, 0.05) is 27.2 Å². The largest absolute Gasteiger partial charge is 0.380 e. The first kappa shape index (κ1) is 20.9. The van der Waals surface area contributed by atoms with Gasteiger partial charge in [0.25, 0.3) is 0 Å². The van der Waals surface area contributed by atoms with E-state index in [1.54, 1.807) is 14.2 Å². The number of guanidine groups is 1. The fourth-order valence-corrected chi connectivity index (χ4v) is 2.61. The number of aliphatic imine (C=N–C) groups is 1. The average Bonchev–Trinajstić information content (AvgIpc) is 2.70. The number of benzene rings is 2. The molecule has 0 spiro atoms. The molecule has 0 radical (unpaired) electrons. The van der Waals surface area contributed by atoms with Crippen LogP contribution in [0.4, 0.5) is 0 Å². The van der Waals surface area contributed by atoms with Gasteiger partial charge in [-0.2, -0.15) is 0 Å². The van der Waals surface area contributed by atoms with E-state index in [0.29, 0.717) is 25.7 Å². The maximum Gasteiger partial charge on any atom is 0.191 e. The van der Waals surface area contributed by atoms with E-state index in [1.807, 2.05) is 18.2 Å². The van der Waals surface area contributed by atoms with Gasteiger partial charge in [0.1, 0.15) is 0 Å². The van der Waals surface area contributed by atoms with Gasteiger partial charge in [-0.25, -0.2) is 0 Å². The van der Waals surface area contributed by atoms with Gasteiger partial charge in [-0.05, 0) is 22.6 Å². The molecule has 5 nitrogen and oxygen atoms in total. The van der Waals surface area contributed by atoms with Crippen LogP contribution >= 0.6 is 0 Å². The highest BCUT2D eigenvalue weighted by molar-refractivity contribution is 5.79. The number of hydrogen-bond donors (Lipinski definition) is 2. The Morgan fingerprint density at radius 3 is 2.26 bits per heavy atom. The molecule has 0 aliphatic rings. The highest BCUT2D eigenvalue weighted by Crippen LogP contribution is 2.05. The van der Waals surface area contributed by atoms with Gasteiger partial charge in [-0.15, -0.1) is 0 Å². The molecule has 2 N–H and O–H groups in total. The Labute approximate surface area is 162 Å². The van der Waals surface area contributed by atoms with Crippen LogP contribution in [-0.4, -0.2) is 33.3 Å². The molecule has 2 aromatic rings. The third-order valence-corrected chi connectivity index (χ3v) is 4.15. The summed E-state index contributed by atoms with van der Waals surface area (Å²) in [6, 6.07) is 18.6. The van der Waals surface area contributed by atoms with Gasteiger partial charge in [0.15, 0.2) is 5.96 Å². The second-order valence-corrected chi connectivity index (χ2v) is 6.66. The second kappa shape index (κ2) is 12.1. The third kappa shape index (κ3) is 8.24. The van der Waals surface area contributed by atoms with E-state index in [9.17, 15) is 0 Å². The highest BCUT2D eigenvalue weighted by Gasteiger charge is 2.05. The van der Waals surface area contributed by atoms with Crippen molar-refractivity contribution in [3.8, 4) is 0 Å². The van der Waals surface area contributed by atoms with Crippen LogP contribution in [0.1, 0.15) is 23.6 Å². The first-order valence-corrected chi connectivity index (χ1v) is 9.34. The van der Waals surface area contributed by atoms with Gasteiger partial charge < -0.3 is 20.1 Å². The maximum atomic E-state index is 5.80. The van der Waals surface area contributed by atoms with E-state index in [1.165, 1.54) is 16.7 Å². The topological polar surface area (TPSA) is 54.9 Å². The molecule has 0 bridgehead atoms. The number of nitrogens with zero attached hydrogens (tertiary/aromatic N) is 1. The fourth-order valence-electron chi connectivity index (χ4n) is 2.61. The molecule has 0 fully saturated rings. The van der Waals surface area contributed by atoms with E-state index in [-0.39, 0.29) is 0 Å². The molecule has 0 aliphatic carbocycles. The summed E-state index contributed by atoms with van der Waals surface area (Å²) < 4.78 is 10.9. The zero-order valence-corrected chi connectivity index (χ0v) is 16.6. The maximum absolute atomic E-state index is 5.80. The molecule has 27 heavy (non-hydrogen) atoms. The Hall–Kier alpha value is -2.37. The molecular weight excluding hydrogens is 338 g/mol. The summed E-state index contributed by atoms with van der Waals surface area (Å²) in [5.41, 5.74) is 3.58. The molecule has 146 valence electrons. The van der Waals surface area contributed by atoms with Crippen molar-refractivity contribution in [3.63, 3.8) is 0 Å². The first-order chi connectivity index (χ1) is 13.2. The standard InChI is InChI=1S/C22H31N3O2/c1-18(15-27-17-20-7-5-4-6-8-20)13-24-22(23-2)25-14-19-9-11-21(12-10-19)16-26-3/h4-12,18H,13-17H2,1-3H3,(H2,23,24,25). The van der Waals surface area contributed by atoms with Crippen molar-refractivity contribution < 1.29 is 9.47 Å². The zero-order chi connectivity index (χ0) is 19.3. The molecule has 0 amide bonds. The van der Waals surface area contributed by atoms with Crippen molar-refractivity contribution >= 4 is 5.96 Å². The van der Waals surface area contributed by atoms with Crippen LogP contribution in [0, 0.1) is 5.92 Å². The molecule has 0 saturated heterocycles. The number of nitrogens with one attached hydrogen (secondary N) is 2. The normalized spacial score (nSPS) is 12.6. The zero-order valence-electron chi connectivity index (χ0n) is 16.6. The number of ether oxygens (including phenoxy) is 2. The van der Waals surface area contributed by atoms with Crippen molar-refractivity contribution in [1.29, 1.82) is 0 Å². The molecular formula is C22H31N3O2. The monoisotopic (exact) mass is 369 g/mol. The van der Waals surface area contributed by atoms with Crippen LogP contribution in [0.3, 0.4) is 0 Å². The summed E-state index contributed by atoms with van der Waals surface area (Å²) in [6.45, 7) is 5.70. The van der Waals surface area contributed by atoms with Crippen molar-refractivity contribution in [3.05, 3.63) is 71.3 Å². The van der Waals surface area contributed by atoms with Crippen LogP contribution < -0.4 is 10.6 Å². The van der Waals surface area contributed by atoms with Crippen molar-refractivity contribution in [2.75, 3.05) is 27.3 Å². The fraction of sp³-hybridized carbons (Fsp3) is 0.409. The Bertz CT molecular complexity index is 672. The van der Waals surface area contributed by atoms with Gasteiger partial charge in [0.05, 0.1) is 19.8 Å². The van der Waals surface area contributed by atoms with E-state index in [0.717, 1.165) is 19.0 Å². The van der Waals surface area contributed by atoms with E-state index < -0.39 is 0 Å². The Kier molecular flexibility index (Phi) is 9.38. The molecule has 2 aromatic carbocycles. The summed E-state index contributed by atoms with van der Waals surface area (Å²) in [6.07, 6.45) is 0. The van der Waals surface area contributed by atoms with Crippen LogP contribution in [0.2, 0.25) is 0 Å². The Balaban J connectivity index is 1.65. The van der Waals surface area contributed by atoms with E-state index in [2.05, 4.69) is 58.9 Å². The number of rotatable bonds is 10. The predicted octanol–water partition coefficient (Wildman–Crippen LogP) is 3.35. The second-order valence-electron chi connectivity index (χ2n) is 6.66. The molecule has 0 aromatic heterocycles. The van der Waals surface area contributed by atoms with Gasteiger partial charge in [0.2, 0.25) is 0 Å². The van der Waals surface area contributed by atoms with E-state index in [4.69, 9.17) is 9.47 Å². The van der Waals surface area contributed by atoms with Crippen LogP contribution in [0.25, 0.3) is 0 Å². The van der Waals surface area contributed by atoms with Crippen molar-refractivity contribution in [2.45, 2.75) is 26.7 Å². The summed E-state index contributed by atoms with van der Waals surface area (Å²) >= 11 is 0. The molecule has 2 rings (SSSR count). The van der Waals surface area contributed by atoms with Gasteiger partial charge in [-0.3, -0.25) is 4.99 Å². The lowest BCUT2D eigenvalue weighted by Gasteiger charge is -2.16. The quantitative estimate of drug-likeness (QED) is 0.498. The molecule has 0 heterocycles. The SMILES string of the molecule is CN=C(NCc1ccc(COC)cc1)NCC(C)COCc1ccccc1. The molecule has 1 atom stereocenters. The summed E-state index contributed by atoms with van der Waals surface area (Å²) in [5.74, 6) is 1.19. The smallest absolute Gasteiger partial charge is 0.191 e. The Morgan fingerprint density at radius 2 is 1.59 bits per heavy atom. The minimum Gasteiger partial charge on any atom is -0.380 e. The van der Waals surface area contributed by atoms with Crippen molar-refractivity contribution in [1.82, 2.24) is 10.6 Å². The number of methoxy groups -OCH3 is 1. The predicted molar refractivity (Wildman–Crippen MR) is 111 cm³/mol. The average molecular weight is 370 g/mol. The Morgan fingerprint density at radius 1 is 0.926 bits per heavy atom. The first-order valence-electron chi connectivity index (χ1n) is 9.34. The highest BCUT2D eigenvalue weighted by atomic mass is 16.5. The van der Waals surface area contributed by atoms with Crippen molar-refractivity contribution in [2.24, 2.45) is 10.9 Å². The van der Waals surface area contributed by atoms with Crippen LogP contribution in [-0.2, 0) is 29.2 Å². The lowest BCUT2D eigenvalue weighted by Crippen LogP contribution is -2.39. The molecule has 5 heteroatoms. The summed E-state index contributed by atoms with van der Waals surface area (Å²) in [7, 11) is 3.49. The van der Waals surface area contributed by atoms with Gasteiger partial charge >= 0.3 is 0 Å². The minimum absolute atomic E-state index is 0.389. The molecule has 0 aliphatic heterocycles. The lowest BCUT2D eigenvalue weighted by molar-refractivity contribution is 0.0931. The van der Waals surface area contributed by atoms with Gasteiger partial charge in [-0.1, -0.05) is 61.5 Å². The van der Waals surface area contributed by atoms with Crippen LogP contribution in [0.15, 0.2) is 59.6 Å². The number of hydrogen-bond acceptors (Lipinski definition) is 3. The lowest BCUT2D eigenvalue weighted by atomic mass is 10.1. The minimum atomic E-state index is 0.389. The van der Waals surface area contributed by atoms with E-state index >= 15 is 0 Å².